The zero-order valence-electron chi connectivity index (χ0n) is 16.2. The third-order valence-corrected chi connectivity index (χ3v) is 5.54. The van der Waals surface area contributed by atoms with Gasteiger partial charge in [-0.3, -0.25) is 19.5 Å². The Morgan fingerprint density at radius 1 is 1.10 bits per heavy atom. The van der Waals surface area contributed by atoms with E-state index in [9.17, 15) is 14.9 Å². The molecule has 0 atom stereocenters. The first-order valence-electron chi connectivity index (χ1n) is 9.47. The zero-order chi connectivity index (χ0) is 20.8. The van der Waals surface area contributed by atoms with Gasteiger partial charge in [-0.1, -0.05) is 36.4 Å². The maximum absolute atomic E-state index is 13.1. The summed E-state index contributed by atoms with van der Waals surface area (Å²) < 4.78 is 1.93. The van der Waals surface area contributed by atoms with E-state index in [1.54, 1.807) is 24.4 Å². The highest BCUT2D eigenvalue weighted by atomic mass is 16.2. The number of carbonyl (C=O) groups is 2. The van der Waals surface area contributed by atoms with Gasteiger partial charge in [0.05, 0.1) is 23.4 Å². The lowest BCUT2D eigenvalue weighted by Crippen LogP contribution is -2.31. The Morgan fingerprint density at radius 2 is 1.87 bits per heavy atom. The minimum atomic E-state index is -0.400. The van der Waals surface area contributed by atoms with Crippen molar-refractivity contribution >= 4 is 22.7 Å². The minimum absolute atomic E-state index is 0.246. The van der Waals surface area contributed by atoms with Crippen LogP contribution in [-0.2, 0) is 13.6 Å². The van der Waals surface area contributed by atoms with Crippen LogP contribution in [0.2, 0.25) is 0 Å². The first-order valence-corrected chi connectivity index (χ1v) is 9.47. The van der Waals surface area contributed by atoms with Gasteiger partial charge in [0.15, 0.2) is 0 Å². The molecule has 2 amide bonds. The molecular formula is C24H16N4O2. The Bertz CT molecular complexity index is 1390. The number of hydrogen-bond donors (Lipinski definition) is 0. The van der Waals surface area contributed by atoms with Gasteiger partial charge in [-0.25, -0.2) is 0 Å². The maximum Gasteiger partial charge on any atom is 0.262 e. The van der Waals surface area contributed by atoms with Crippen LogP contribution in [0.4, 0.5) is 0 Å². The summed E-state index contributed by atoms with van der Waals surface area (Å²) in [5, 5.41) is 10.6. The average molecular weight is 392 g/mol. The molecule has 1 aliphatic heterocycles. The van der Waals surface area contributed by atoms with Crippen molar-refractivity contribution in [2.75, 3.05) is 0 Å². The number of aromatic nitrogens is 2. The van der Waals surface area contributed by atoms with Gasteiger partial charge in [-0.2, -0.15) is 5.26 Å². The predicted molar refractivity (Wildman–Crippen MR) is 112 cm³/mol. The standard InChI is InChI=1S/C24H16N4O2/c1-27-21-9-5-4-8-19(21)20(11-25)22(27)16-10-17(13-26-12-16)23(29)28-14-15-6-2-3-7-18(15)24(28)30/h2-10,12-13H,14H2,1H3. The Kier molecular flexibility index (Phi) is 3.97. The third-order valence-electron chi connectivity index (χ3n) is 5.54. The zero-order valence-corrected chi connectivity index (χ0v) is 16.2. The van der Waals surface area contributed by atoms with Gasteiger partial charge in [0, 0.05) is 41.5 Å². The second-order valence-corrected chi connectivity index (χ2v) is 7.23. The van der Waals surface area contributed by atoms with E-state index in [-0.39, 0.29) is 12.5 Å². The first-order chi connectivity index (χ1) is 14.6. The van der Waals surface area contributed by atoms with Crippen LogP contribution in [0.15, 0.2) is 67.0 Å². The fraction of sp³-hybridized carbons (Fsp3) is 0.0833. The number of nitrogens with zero attached hydrogens (tertiary/aromatic N) is 4. The molecule has 0 spiro atoms. The van der Waals surface area contributed by atoms with Crippen LogP contribution in [0.25, 0.3) is 22.2 Å². The molecule has 0 saturated carbocycles. The molecule has 1 aliphatic rings. The SMILES string of the molecule is Cn1c(-c2cncc(C(=O)N3Cc4ccccc4C3=O)c2)c(C#N)c2ccccc21. The fourth-order valence-electron chi connectivity index (χ4n) is 4.11. The molecule has 3 heterocycles. The quantitative estimate of drug-likeness (QED) is 0.485. The van der Waals surface area contributed by atoms with Gasteiger partial charge < -0.3 is 4.57 Å². The number of amides is 2. The number of benzene rings is 2. The van der Waals surface area contributed by atoms with Gasteiger partial charge >= 0.3 is 0 Å². The molecule has 0 radical (unpaired) electrons. The average Bonchev–Trinajstić information content (AvgIpc) is 3.28. The van der Waals surface area contributed by atoms with Crippen molar-refractivity contribution in [3.63, 3.8) is 0 Å². The lowest BCUT2D eigenvalue weighted by atomic mass is 10.1. The number of rotatable bonds is 2. The van der Waals surface area contributed by atoms with Crippen LogP contribution in [0.1, 0.15) is 31.8 Å². The number of imide groups is 1. The number of pyridine rings is 1. The van der Waals surface area contributed by atoms with E-state index in [1.165, 1.54) is 11.1 Å². The van der Waals surface area contributed by atoms with Gasteiger partial charge in [0.2, 0.25) is 0 Å². The van der Waals surface area contributed by atoms with Crippen molar-refractivity contribution in [3.05, 3.63) is 89.2 Å². The fourth-order valence-corrected chi connectivity index (χ4v) is 4.11. The highest BCUT2D eigenvalue weighted by molar-refractivity contribution is 6.13. The number of para-hydroxylation sites is 1. The molecule has 144 valence electrons. The molecule has 2 aromatic carbocycles. The summed E-state index contributed by atoms with van der Waals surface area (Å²) in [5.41, 5.74) is 4.49. The van der Waals surface area contributed by atoms with E-state index in [4.69, 9.17) is 0 Å². The van der Waals surface area contributed by atoms with Crippen molar-refractivity contribution in [2.24, 2.45) is 7.05 Å². The second kappa shape index (κ2) is 6.68. The van der Waals surface area contributed by atoms with E-state index < -0.39 is 5.91 Å². The summed E-state index contributed by atoms with van der Waals surface area (Å²) in [5.74, 6) is -0.703. The molecule has 5 rings (SSSR count). The molecule has 0 N–H and O–H groups in total. The third kappa shape index (κ3) is 2.53. The van der Waals surface area contributed by atoms with E-state index >= 15 is 0 Å². The van der Waals surface area contributed by atoms with Crippen molar-refractivity contribution < 1.29 is 9.59 Å². The van der Waals surface area contributed by atoms with Crippen LogP contribution >= 0.6 is 0 Å². The van der Waals surface area contributed by atoms with E-state index in [0.717, 1.165) is 16.5 Å². The molecule has 0 bridgehead atoms. The maximum atomic E-state index is 13.1. The minimum Gasteiger partial charge on any atom is -0.342 e. The summed E-state index contributed by atoms with van der Waals surface area (Å²) in [7, 11) is 1.88. The number of carbonyl (C=O) groups excluding carboxylic acids is 2. The largest absolute Gasteiger partial charge is 0.342 e. The van der Waals surface area contributed by atoms with E-state index in [1.807, 2.05) is 48.0 Å². The van der Waals surface area contributed by atoms with Crippen LogP contribution in [0.5, 0.6) is 0 Å². The van der Waals surface area contributed by atoms with Gasteiger partial charge in [0.1, 0.15) is 6.07 Å². The number of aryl methyl sites for hydroxylation is 1. The highest BCUT2D eigenvalue weighted by Crippen LogP contribution is 2.33. The molecule has 30 heavy (non-hydrogen) atoms. The smallest absolute Gasteiger partial charge is 0.262 e. The van der Waals surface area contributed by atoms with Crippen molar-refractivity contribution in [2.45, 2.75) is 6.54 Å². The molecule has 6 nitrogen and oxygen atoms in total. The van der Waals surface area contributed by atoms with E-state index in [0.29, 0.717) is 27.9 Å². The van der Waals surface area contributed by atoms with Gasteiger partial charge in [-0.05, 0) is 23.8 Å². The molecule has 6 heteroatoms. The Morgan fingerprint density at radius 3 is 2.67 bits per heavy atom. The van der Waals surface area contributed by atoms with Crippen molar-refractivity contribution in [1.82, 2.24) is 14.5 Å². The Hall–Kier alpha value is -4.24. The predicted octanol–water partition coefficient (Wildman–Crippen LogP) is 3.91. The molecule has 0 unspecified atom stereocenters. The Labute approximate surface area is 172 Å². The van der Waals surface area contributed by atoms with Crippen molar-refractivity contribution in [1.29, 1.82) is 5.26 Å². The molecule has 0 aliphatic carbocycles. The van der Waals surface area contributed by atoms with Crippen molar-refractivity contribution in [3.8, 4) is 17.3 Å². The molecule has 2 aromatic heterocycles. The molecule has 0 saturated heterocycles. The second-order valence-electron chi connectivity index (χ2n) is 7.23. The number of fused-ring (bicyclic) bond motifs is 2. The molecule has 0 fully saturated rings. The lowest BCUT2D eigenvalue weighted by Gasteiger charge is -2.14. The van der Waals surface area contributed by atoms with Crippen LogP contribution in [0.3, 0.4) is 0 Å². The lowest BCUT2D eigenvalue weighted by molar-refractivity contribution is 0.0630. The molecule has 4 aromatic rings. The summed E-state index contributed by atoms with van der Waals surface area (Å²) in [6.45, 7) is 0.246. The van der Waals surface area contributed by atoms with Gasteiger partial charge in [-0.15, -0.1) is 0 Å². The first kappa shape index (κ1) is 17.8. The summed E-state index contributed by atoms with van der Waals surface area (Å²) in [6.07, 6.45) is 3.09. The summed E-state index contributed by atoms with van der Waals surface area (Å²) in [4.78, 5) is 31.3. The van der Waals surface area contributed by atoms with Crippen LogP contribution < -0.4 is 0 Å². The summed E-state index contributed by atoms with van der Waals surface area (Å²) >= 11 is 0. The van der Waals surface area contributed by atoms with E-state index in [2.05, 4.69) is 11.1 Å². The number of hydrogen-bond acceptors (Lipinski definition) is 4. The topological polar surface area (TPSA) is 79.0 Å². The molecular weight excluding hydrogens is 376 g/mol. The van der Waals surface area contributed by atoms with Crippen LogP contribution in [-0.4, -0.2) is 26.3 Å². The number of nitriles is 1. The van der Waals surface area contributed by atoms with Gasteiger partial charge in [0.25, 0.3) is 11.8 Å². The highest BCUT2D eigenvalue weighted by Gasteiger charge is 2.32. The monoisotopic (exact) mass is 392 g/mol. The summed E-state index contributed by atoms with van der Waals surface area (Å²) in [6, 6.07) is 18.9. The Balaban J connectivity index is 1.58. The van der Waals surface area contributed by atoms with Crippen LogP contribution in [0, 0.1) is 11.3 Å². The normalized spacial score (nSPS) is 12.8.